The summed E-state index contributed by atoms with van der Waals surface area (Å²) in [6, 6.07) is 0. The molecule has 0 aliphatic rings. The van der Waals surface area contributed by atoms with Gasteiger partial charge in [-0.15, -0.1) is 24.0 Å². The summed E-state index contributed by atoms with van der Waals surface area (Å²) in [4.78, 5) is 4.56. The smallest absolute Gasteiger partial charge is 0.191 e. The molecule has 5 nitrogen and oxygen atoms in total. The Balaban J connectivity index is 0.00000324. The van der Waals surface area contributed by atoms with Gasteiger partial charge in [-0.3, -0.25) is 0 Å². The second-order valence-corrected chi connectivity index (χ2v) is 5.37. The number of rotatable bonds is 3. The number of halogens is 1. The zero-order chi connectivity index (χ0) is 13.8. The van der Waals surface area contributed by atoms with E-state index in [9.17, 15) is 0 Å². The van der Waals surface area contributed by atoms with E-state index in [0.717, 1.165) is 29.5 Å². The van der Waals surface area contributed by atoms with Gasteiger partial charge in [-0.2, -0.15) is 0 Å². The molecule has 1 rings (SSSR count). The Kier molecular flexibility index (Phi) is 7.39. The van der Waals surface area contributed by atoms with E-state index in [1.54, 1.807) is 0 Å². The first-order chi connectivity index (χ1) is 8.33. The first kappa shape index (κ1) is 18.2. The van der Waals surface area contributed by atoms with E-state index in [4.69, 9.17) is 4.52 Å². The van der Waals surface area contributed by atoms with E-state index in [2.05, 4.69) is 48.5 Å². The predicted molar refractivity (Wildman–Crippen MR) is 89.1 cm³/mol. The van der Waals surface area contributed by atoms with Crippen LogP contribution in [0.3, 0.4) is 0 Å². The molecule has 0 radical (unpaired) electrons. The highest BCUT2D eigenvalue weighted by Gasteiger charge is 2.13. The van der Waals surface area contributed by atoms with Gasteiger partial charge in [0.25, 0.3) is 0 Å². The van der Waals surface area contributed by atoms with Crippen molar-refractivity contribution in [3.8, 4) is 0 Å². The van der Waals surface area contributed by atoms with Crippen molar-refractivity contribution in [3.05, 3.63) is 17.0 Å². The lowest BCUT2D eigenvalue weighted by molar-refractivity contribution is 0.392. The summed E-state index contributed by atoms with van der Waals surface area (Å²) in [7, 11) is 0. The third-order valence-corrected chi connectivity index (χ3v) is 2.41. The zero-order valence-corrected chi connectivity index (χ0v) is 15.0. The first-order valence-electron chi connectivity index (χ1n) is 6.31. The summed E-state index contributed by atoms with van der Waals surface area (Å²) in [5.74, 6) is 1.65. The van der Waals surface area contributed by atoms with Crippen molar-refractivity contribution < 1.29 is 4.52 Å². The van der Waals surface area contributed by atoms with Gasteiger partial charge < -0.3 is 15.2 Å². The van der Waals surface area contributed by atoms with Crippen LogP contribution in [-0.2, 0) is 6.54 Å². The van der Waals surface area contributed by atoms with Crippen LogP contribution in [0, 0.1) is 13.8 Å². The Bertz CT molecular complexity index is 401. The summed E-state index contributed by atoms with van der Waals surface area (Å²) < 4.78 is 5.13. The number of hydrogen-bond donors (Lipinski definition) is 2. The van der Waals surface area contributed by atoms with Gasteiger partial charge in [0.1, 0.15) is 5.76 Å². The van der Waals surface area contributed by atoms with Crippen molar-refractivity contribution in [3.63, 3.8) is 0 Å². The maximum absolute atomic E-state index is 5.13. The van der Waals surface area contributed by atoms with E-state index in [1.807, 2.05) is 13.8 Å². The molecular formula is C13H25IN4O. The van der Waals surface area contributed by atoms with Gasteiger partial charge in [0, 0.05) is 17.6 Å². The number of aryl methyl sites for hydroxylation is 2. The third-order valence-electron chi connectivity index (χ3n) is 2.41. The highest BCUT2D eigenvalue weighted by atomic mass is 127. The number of guanidine groups is 1. The molecule has 19 heavy (non-hydrogen) atoms. The lowest BCUT2D eigenvalue weighted by Crippen LogP contribution is -2.47. The lowest BCUT2D eigenvalue weighted by atomic mass is 10.1. The first-order valence-corrected chi connectivity index (χ1v) is 6.31. The van der Waals surface area contributed by atoms with Crippen molar-refractivity contribution in [2.24, 2.45) is 4.99 Å². The molecule has 1 aromatic heterocycles. The van der Waals surface area contributed by atoms with Crippen LogP contribution < -0.4 is 10.6 Å². The molecule has 0 saturated carbocycles. The monoisotopic (exact) mass is 380 g/mol. The molecule has 0 amide bonds. The van der Waals surface area contributed by atoms with Crippen LogP contribution >= 0.6 is 24.0 Å². The van der Waals surface area contributed by atoms with Crippen molar-refractivity contribution in [2.45, 2.75) is 53.6 Å². The van der Waals surface area contributed by atoms with Gasteiger partial charge in [0.2, 0.25) is 0 Å². The minimum absolute atomic E-state index is 0. The summed E-state index contributed by atoms with van der Waals surface area (Å²) in [5.41, 5.74) is 1.95. The van der Waals surface area contributed by atoms with E-state index < -0.39 is 0 Å². The number of nitrogens with one attached hydrogen (secondary N) is 2. The molecule has 0 fully saturated rings. The second-order valence-electron chi connectivity index (χ2n) is 5.37. The maximum atomic E-state index is 5.13. The minimum atomic E-state index is -0.0141. The van der Waals surface area contributed by atoms with Gasteiger partial charge in [-0.25, -0.2) is 4.99 Å². The molecule has 0 spiro atoms. The normalized spacial score (nSPS) is 12.0. The van der Waals surface area contributed by atoms with E-state index in [1.165, 1.54) is 0 Å². The number of nitrogens with zero attached hydrogens (tertiary/aromatic N) is 2. The van der Waals surface area contributed by atoms with Gasteiger partial charge in [-0.05, 0) is 41.5 Å². The van der Waals surface area contributed by atoms with Gasteiger partial charge >= 0.3 is 0 Å². The second kappa shape index (κ2) is 7.72. The fourth-order valence-electron chi connectivity index (χ4n) is 1.55. The average Bonchev–Trinajstić information content (AvgIpc) is 2.54. The quantitative estimate of drug-likeness (QED) is 0.481. The molecule has 0 atom stereocenters. The molecule has 1 heterocycles. The summed E-state index contributed by atoms with van der Waals surface area (Å²) in [5, 5.41) is 10.5. The van der Waals surface area contributed by atoms with Crippen molar-refractivity contribution >= 4 is 29.9 Å². The van der Waals surface area contributed by atoms with Crippen molar-refractivity contribution in [2.75, 3.05) is 6.54 Å². The van der Waals surface area contributed by atoms with E-state index in [-0.39, 0.29) is 29.5 Å². The minimum Gasteiger partial charge on any atom is -0.361 e. The average molecular weight is 380 g/mol. The third kappa shape index (κ3) is 6.26. The van der Waals surface area contributed by atoms with Gasteiger partial charge in [0.15, 0.2) is 5.96 Å². The molecule has 2 N–H and O–H groups in total. The SMILES string of the molecule is CCNC(=NCc1c(C)noc1C)NC(C)(C)C.I. The Morgan fingerprint density at radius 2 is 1.95 bits per heavy atom. The molecule has 0 aromatic carbocycles. The van der Waals surface area contributed by atoms with E-state index in [0.29, 0.717) is 6.54 Å². The lowest BCUT2D eigenvalue weighted by Gasteiger charge is -2.23. The van der Waals surface area contributed by atoms with Crippen LogP contribution in [0.15, 0.2) is 9.52 Å². The van der Waals surface area contributed by atoms with Crippen LogP contribution in [-0.4, -0.2) is 23.2 Å². The summed E-state index contributed by atoms with van der Waals surface area (Å²) >= 11 is 0. The summed E-state index contributed by atoms with van der Waals surface area (Å²) in [6.45, 7) is 13.6. The Hall–Kier alpha value is -0.790. The van der Waals surface area contributed by atoms with E-state index >= 15 is 0 Å². The Morgan fingerprint density at radius 1 is 1.32 bits per heavy atom. The van der Waals surface area contributed by atoms with Gasteiger partial charge in [-0.1, -0.05) is 5.16 Å². The zero-order valence-electron chi connectivity index (χ0n) is 12.6. The van der Waals surface area contributed by atoms with Crippen LogP contribution in [0.2, 0.25) is 0 Å². The van der Waals surface area contributed by atoms with Crippen LogP contribution in [0.5, 0.6) is 0 Å². The highest BCUT2D eigenvalue weighted by Crippen LogP contribution is 2.13. The van der Waals surface area contributed by atoms with Crippen LogP contribution in [0.1, 0.15) is 44.7 Å². The Labute approximate surface area is 132 Å². The molecule has 0 aliphatic heterocycles. The maximum Gasteiger partial charge on any atom is 0.191 e. The van der Waals surface area contributed by atoms with Crippen LogP contribution in [0.25, 0.3) is 0 Å². The molecule has 110 valence electrons. The fraction of sp³-hybridized carbons (Fsp3) is 0.692. The number of aliphatic imine (C=N–C) groups is 1. The van der Waals surface area contributed by atoms with Gasteiger partial charge in [0.05, 0.1) is 12.2 Å². The predicted octanol–water partition coefficient (Wildman–Crippen LogP) is 2.76. The topological polar surface area (TPSA) is 62.5 Å². The molecule has 0 bridgehead atoms. The molecule has 1 aromatic rings. The number of aromatic nitrogens is 1. The van der Waals surface area contributed by atoms with Crippen LogP contribution in [0.4, 0.5) is 0 Å². The molecule has 0 unspecified atom stereocenters. The van der Waals surface area contributed by atoms with Crippen molar-refractivity contribution in [1.82, 2.24) is 15.8 Å². The number of hydrogen-bond acceptors (Lipinski definition) is 3. The standard InChI is InChI=1S/C13H24N4O.HI/c1-7-14-12(16-13(4,5)6)15-8-11-9(2)17-18-10(11)3;/h7-8H2,1-6H3,(H2,14,15,16);1H. The molecule has 0 aliphatic carbocycles. The molecule has 0 saturated heterocycles. The molecular weight excluding hydrogens is 355 g/mol. The fourth-order valence-corrected chi connectivity index (χ4v) is 1.55. The Morgan fingerprint density at radius 3 is 2.37 bits per heavy atom. The summed E-state index contributed by atoms with van der Waals surface area (Å²) in [6.07, 6.45) is 0. The van der Waals surface area contributed by atoms with Crippen molar-refractivity contribution in [1.29, 1.82) is 0 Å². The largest absolute Gasteiger partial charge is 0.361 e. The molecule has 6 heteroatoms. The highest BCUT2D eigenvalue weighted by molar-refractivity contribution is 14.0.